The number of aromatic hydroxyl groups is 1. The second kappa shape index (κ2) is 8.89. The lowest BCUT2D eigenvalue weighted by molar-refractivity contribution is -0.137. The van der Waals surface area contributed by atoms with Crippen LogP contribution in [0.3, 0.4) is 0 Å². The number of nitrogens with one attached hydrogen (secondary N) is 1. The third kappa shape index (κ3) is 4.72. The Bertz CT molecular complexity index is 1200. The zero-order valence-electron chi connectivity index (χ0n) is 17.0. The van der Waals surface area contributed by atoms with E-state index in [9.17, 15) is 32.2 Å². The number of fused-ring (bicyclic) bond motifs is 1. The van der Waals surface area contributed by atoms with Gasteiger partial charge in [-0.15, -0.1) is 10.2 Å². The number of nitrogens with zero attached hydrogens (tertiary/aromatic N) is 3. The second-order valence-electron chi connectivity index (χ2n) is 7.71. The molecule has 1 aliphatic carbocycles. The van der Waals surface area contributed by atoms with E-state index in [1.54, 1.807) is 6.07 Å². The molecule has 6 nitrogen and oxygen atoms in total. The summed E-state index contributed by atoms with van der Waals surface area (Å²) in [5.74, 6) is -0.377. The van der Waals surface area contributed by atoms with E-state index >= 15 is 0 Å². The lowest BCUT2D eigenvalue weighted by Gasteiger charge is -2.31. The number of aliphatic hydroxyl groups is 1. The molecule has 0 bridgehead atoms. The van der Waals surface area contributed by atoms with E-state index in [4.69, 9.17) is 0 Å². The van der Waals surface area contributed by atoms with Crippen LogP contribution in [-0.2, 0) is 6.18 Å². The first-order valence-electron chi connectivity index (χ1n) is 10.1. The Kier molecular flexibility index (Phi) is 6.15. The van der Waals surface area contributed by atoms with Crippen molar-refractivity contribution in [2.45, 2.75) is 44.0 Å². The molecule has 0 amide bonds. The van der Waals surface area contributed by atoms with Gasteiger partial charge in [-0.2, -0.15) is 13.2 Å². The molecule has 1 fully saturated rings. The van der Waals surface area contributed by atoms with Crippen LogP contribution < -0.4 is 5.32 Å². The average Bonchev–Trinajstić information content (AvgIpc) is 2.76. The predicted octanol–water partition coefficient (Wildman–Crippen LogP) is 4.93. The Morgan fingerprint density at radius 1 is 1.12 bits per heavy atom. The summed E-state index contributed by atoms with van der Waals surface area (Å²) in [5.41, 5.74) is -0.555. The molecule has 3 aromatic rings. The predicted molar refractivity (Wildman–Crippen MR) is 111 cm³/mol. The van der Waals surface area contributed by atoms with Crippen LogP contribution in [0, 0.1) is 0 Å². The van der Waals surface area contributed by atoms with Gasteiger partial charge in [-0.3, -0.25) is 4.98 Å². The van der Waals surface area contributed by atoms with Gasteiger partial charge in [0.15, 0.2) is 5.82 Å². The Labute approximate surface area is 184 Å². The maximum Gasteiger partial charge on any atom is 0.416 e. The highest BCUT2D eigenvalue weighted by atomic mass is 19.4. The SMILES string of the molecule is Oc1cc(C(F)(F)F)ccc1-c1nnc(N[C@H]2CCCC(=CC(F)F)[C@@H]2O)c2cnccc12. The molecule has 0 radical (unpaired) electrons. The van der Waals surface area contributed by atoms with Gasteiger partial charge < -0.3 is 15.5 Å². The minimum Gasteiger partial charge on any atom is -0.507 e. The van der Waals surface area contributed by atoms with Crippen molar-refractivity contribution in [3.63, 3.8) is 0 Å². The maximum absolute atomic E-state index is 12.9. The van der Waals surface area contributed by atoms with E-state index < -0.39 is 36.1 Å². The first-order chi connectivity index (χ1) is 15.6. The highest BCUT2D eigenvalue weighted by molar-refractivity contribution is 6.00. The molecule has 174 valence electrons. The molecular weight excluding hydrogens is 447 g/mol. The fourth-order valence-corrected chi connectivity index (χ4v) is 3.97. The van der Waals surface area contributed by atoms with Crippen LogP contribution in [0.5, 0.6) is 5.75 Å². The molecule has 1 aromatic carbocycles. The average molecular weight is 466 g/mol. The molecule has 3 N–H and O–H groups in total. The summed E-state index contributed by atoms with van der Waals surface area (Å²) in [6.07, 6.45) is -3.29. The lowest BCUT2D eigenvalue weighted by Crippen LogP contribution is -2.38. The highest BCUT2D eigenvalue weighted by Crippen LogP contribution is 2.39. The van der Waals surface area contributed by atoms with Gasteiger partial charge in [-0.25, -0.2) is 8.78 Å². The third-order valence-electron chi connectivity index (χ3n) is 5.57. The summed E-state index contributed by atoms with van der Waals surface area (Å²) in [7, 11) is 0. The zero-order chi connectivity index (χ0) is 23.8. The van der Waals surface area contributed by atoms with Crippen molar-refractivity contribution in [1.29, 1.82) is 0 Å². The number of aromatic nitrogens is 3. The molecule has 0 unspecified atom stereocenters. The Morgan fingerprint density at radius 2 is 1.91 bits per heavy atom. The van der Waals surface area contributed by atoms with Gasteiger partial charge in [-0.1, -0.05) is 0 Å². The number of phenolic OH excluding ortho intramolecular Hbond substituents is 1. The van der Waals surface area contributed by atoms with E-state index in [0.717, 1.165) is 18.2 Å². The van der Waals surface area contributed by atoms with Crippen molar-refractivity contribution < 1.29 is 32.2 Å². The van der Waals surface area contributed by atoms with Gasteiger partial charge >= 0.3 is 6.18 Å². The molecule has 1 aliphatic rings. The lowest BCUT2D eigenvalue weighted by atomic mass is 9.87. The summed E-state index contributed by atoms with van der Waals surface area (Å²) in [6.45, 7) is 0. The van der Waals surface area contributed by atoms with E-state index in [2.05, 4.69) is 20.5 Å². The van der Waals surface area contributed by atoms with Gasteiger partial charge in [0.25, 0.3) is 6.43 Å². The molecule has 0 aliphatic heterocycles. The standard InChI is InChI=1S/C22H19F5N4O2/c23-18(24)8-11-2-1-3-16(20(11)33)29-21-15-10-28-7-6-13(15)19(30-31-21)14-5-4-12(9-17(14)32)22(25,26)27/h4-10,16,18,20,32-33H,1-3H2,(H,29,31)/t16-,20-/m0/s1. The molecule has 4 rings (SSSR count). The monoisotopic (exact) mass is 466 g/mol. The first-order valence-corrected chi connectivity index (χ1v) is 10.1. The number of aliphatic hydroxyl groups excluding tert-OH is 1. The Hall–Kier alpha value is -3.34. The largest absolute Gasteiger partial charge is 0.507 e. The first kappa shape index (κ1) is 22.8. The Morgan fingerprint density at radius 3 is 2.61 bits per heavy atom. The number of alkyl halides is 5. The smallest absolute Gasteiger partial charge is 0.416 e. The third-order valence-corrected chi connectivity index (χ3v) is 5.57. The zero-order valence-corrected chi connectivity index (χ0v) is 17.0. The van der Waals surface area contributed by atoms with Crippen molar-refractivity contribution in [3.8, 4) is 17.0 Å². The maximum atomic E-state index is 12.9. The van der Waals surface area contributed by atoms with Crippen LogP contribution in [0.4, 0.5) is 27.8 Å². The van der Waals surface area contributed by atoms with Crippen molar-refractivity contribution >= 4 is 16.6 Å². The number of pyridine rings is 1. The number of halogens is 5. The minimum atomic E-state index is -4.61. The van der Waals surface area contributed by atoms with Gasteiger partial charge in [0, 0.05) is 28.7 Å². The number of hydrogen-bond acceptors (Lipinski definition) is 6. The van der Waals surface area contributed by atoms with Crippen LogP contribution in [0.2, 0.25) is 0 Å². The number of benzene rings is 1. The Balaban J connectivity index is 1.71. The number of allylic oxidation sites excluding steroid dienone is 1. The van der Waals surface area contributed by atoms with E-state index in [-0.39, 0.29) is 22.6 Å². The van der Waals surface area contributed by atoms with Gasteiger partial charge in [0.2, 0.25) is 0 Å². The van der Waals surface area contributed by atoms with Crippen molar-refractivity contribution in [2.24, 2.45) is 0 Å². The summed E-state index contributed by atoms with van der Waals surface area (Å²) < 4.78 is 64.3. The molecular formula is C22H19F5N4O2. The van der Waals surface area contributed by atoms with Crippen molar-refractivity contribution in [2.75, 3.05) is 5.32 Å². The highest BCUT2D eigenvalue weighted by Gasteiger charge is 2.32. The number of hydrogen-bond donors (Lipinski definition) is 3. The molecule has 1 saturated carbocycles. The fraction of sp³-hybridized carbons (Fsp3) is 0.318. The van der Waals surface area contributed by atoms with Gasteiger partial charge in [0.1, 0.15) is 11.4 Å². The molecule has 0 spiro atoms. The van der Waals surface area contributed by atoms with Gasteiger partial charge in [-0.05, 0) is 55.2 Å². The quantitative estimate of drug-likeness (QED) is 0.373. The van der Waals surface area contributed by atoms with E-state index in [0.29, 0.717) is 36.1 Å². The van der Waals surface area contributed by atoms with Crippen LogP contribution in [0.15, 0.2) is 48.3 Å². The molecule has 2 heterocycles. The van der Waals surface area contributed by atoms with E-state index in [1.807, 2.05) is 0 Å². The van der Waals surface area contributed by atoms with Crippen molar-refractivity contribution in [1.82, 2.24) is 15.2 Å². The molecule has 2 atom stereocenters. The number of anilines is 1. The second-order valence-corrected chi connectivity index (χ2v) is 7.71. The fourth-order valence-electron chi connectivity index (χ4n) is 3.97. The molecule has 2 aromatic heterocycles. The normalized spacial score (nSPS) is 20.5. The summed E-state index contributed by atoms with van der Waals surface area (Å²) in [4.78, 5) is 4.05. The van der Waals surface area contributed by atoms with Crippen LogP contribution >= 0.6 is 0 Å². The topological polar surface area (TPSA) is 91.2 Å². The summed E-state index contributed by atoms with van der Waals surface area (Å²) in [6, 6.07) is 3.55. The number of phenols is 1. The molecule has 0 saturated heterocycles. The number of rotatable bonds is 4. The van der Waals surface area contributed by atoms with E-state index in [1.165, 1.54) is 12.4 Å². The summed E-state index contributed by atoms with van der Waals surface area (Å²) >= 11 is 0. The van der Waals surface area contributed by atoms with Gasteiger partial charge in [0.05, 0.1) is 17.7 Å². The molecule has 11 heteroatoms. The van der Waals surface area contributed by atoms with Crippen LogP contribution in [0.1, 0.15) is 24.8 Å². The summed E-state index contributed by atoms with van der Waals surface area (Å²) in [5, 5.41) is 32.9. The van der Waals surface area contributed by atoms with Crippen molar-refractivity contribution in [3.05, 3.63) is 53.9 Å². The van der Waals surface area contributed by atoms with Crippen LogP contribution in [-0.4, -0.2) is 44.0 Å². The molecule has 33 heavy (non-hydrogen) atoms. The minimum absolute atomic E-state index is 0.0538. The van der Waals surface area contributed by atoms with Crippen LogP contribution in [0.25, 0.3) is 22.0 Å².